The number of rotatable bonds is 7. The minimum Gasteiger partial charge on any atom is -0.299 e. The quantitative estimate of drug-likeness (QED) is 0.614. The van der Waals surface area contributed by atoms with Crippen LogP contribution in [0.4, 0.5) is 0 Å². The molecule has 1 atom stereocenters. The van der Waals surface area contributed by atoms with E-state index in [4.69, 9.17) is 0 Å². The lowest BCUT2D eigenvalue weighted by molar-refractivity contribution is -0.116. The van der Waals surface area contributed by atoms with E-state index in [2.05, 4.69) is 32.9 Å². The summed E-state index contributed by atoms with van der Waals surface area (Å²) in [5, 5.41) is 0.137. The van der Waals surface area contributed by atoms with Crippen LogP contribution in [0.1, 0.15) is 47.0 Å². The Bertz CT molecular complexity index is 272. The van der Waals surface area contributed by atoms with E-state index >= 15 is 0 Å². The second-order valence-electron chi connectivity index (χ2n) is 4.44. The molecule has 0 fully saturated rings. The van der Waals surface area contributed by atoms with Crippen LogP contribution in [0.15, 0.2) is 23.3 Å². The van der Waals surface area contributed by atoms with Crippen molar-refractivity contribution in [2.24, 2.45) is 0 Å². The molecule has 16 heavy (non-hydrogen) atoms. The third kappa shape index (κ3) is 7.75. The second kappa shape index (κ2) is 8.63. The highest BCUT2D eigenvalue weighted by Crippen LogP contribution is 2.15. The van der Waals surface area contributed by atoms with Crippen molar-refractivity contribution in [1.29, 1.82) is 0 Å². The smallest absolute Gasteiger partial charge is 0.143 e. The van der Waals surface area contributed by atoms with Gasteiger partial charge in [-0.1, -0.05) is 23.3 Å². The molecule has 0 aliphatic rings. The zero-order valence-electron chi connectivity index (χ0n) is 11.2. The first-order chi connectivity index (χ1) is 7.47. The molecule has 0 radical (unpaired) electrons. The van der Waals surface area contributed by atoms with Gasteiger partial charge in [-0.25, -0.2) is 0 Å². The molecule has 0 N–H and O–H groups in total. The van der Waals surface area contributed by atoms with E-state index in [9.17, 15) is 4.79 Å². The third-order valence-electron chi connectivity index (χ3n) is 2.51. The van der Waals surface area contributed by atoms with Gasteiger partial charge in [0.15, 0.2) is 0 Å². The maximum absolute atomic E-state index is 11.2. The summed E-state index contributed by atoms with van der Waals surface area (Å²) in [5.74, 6) is 0.279. The Hall–Kier alpha value is -0.500. The van der Waals surface area contributed by atoms with Gasteiger partial charge in [-0.05, 0) is 53.2 Å². The summed E-state index contributed by atoms with van der Waals surface area (Å²) in [6.07, 6.45) is 9.55. The van der Waals surface area contributed by atoms with Crippen molar-refractivity contribution >= 4 is 17.5 Å². The van der Waals surface area contributed by atoms with E-state index in [-0.39, 0.29) is 11.0 Å². The molecular formula is C14H24OS. The maximum Gasteiger partial charge on any atom is 0.143 e. The summed E-state index contributed by atoms with van der Waals surface area (Å²) in [5.41, 5.74) is 2.76. The standard InChI is InChI=1S/C14H24OS/c1-11(2)7-6-8-12(3)9-10-14(16-5)13(4)15/h7,9,14H,6,8,10H2,1-5H3/b12-9+/t14-/m0/s1. The van der Waals surface area contributed by atoms with E-state index in [1.54, 1.807) is 18.7 Å². The van der Waals surface area contributed by atoms with Gasteiger partial charge in [-0.3, -0.25) is 4.79 Å². The van der Waals surface area contributed by atoms with Crippen molar-refractivity contribution in [2.45, 2.75) is 52.2 Å². The normalized spacial score (nSPS) is 13.4. The van der Waals surface area contributed by atoms with Gasteiger partial charge in [0.1, 0.15) is 5.78 Å². The molecule has 0 aliphatic heterocycles. The average Bonchev–Trinajstić information content (AvgIpc) is 2.17. The van der Waals surface area contributed by atoms with Crippen molar-refractivity contribution in [1.82, 2.24) is 0 Å². The number of hydrogen-bond donors (Lipinski definition) is 0. The lowest BCUT2D eigenvalue weighted by Crippen LogP contribution is -2.11. The highest BCUT2D eigenvalue weighted by Gasteiger charge is 2.09. The molecule has 0 spiro atoms. The Labute approximate surface area is 104 Å². The molecular weight excluding hydrogens is 216 g/mol. The van der Waals surface area contributed by atoms with E-state index in [0.29, 0.717) is 0 Å². The fourth-order valence-electron chi connectivity index (χ4n) is 1.43. The van der Waals surface area contributed by atoms with Crippen molar-refractivity contribution in [2.75, 3.05) is 6.26 Å². The Morgan fingerprint density at radius 3 is 2.25 bits per heavy atom. The first kappa shape index (κ1) is 15.5. The molecule has 0 rings (SSSR count). The minimum absolute atomic E-state index is 0.137. The number of Topliss-reactive ketones (excluding diaryl/α,β-unsaturated/α-hetero) is 1. The molecule has 0 bridgehead atoms. The SMILES string of the molecule is CS[C@@H](C/C=C(\C)CCC=C(C)C)C(C)=O. The predicted molar refractivity (Wildman–Crippen MR) is 75.0 cm³/mol. The highest BCUT2D eigenvalue weighted by molar-refractivity contribution is 7.99. The van der Waals surface area contributed by atoms with E-state index in [1.807, 2.05) is 6.26 Å². The van der Waals surface area contributed by atoms with Crippen LogP contribution in [0.3, 0.4) is 0 Å². The van der Waals surface area contributed by atoms with Crippen LogP contribution in [0, 0.1) is 0 Å². The average molecular weight is 240 g/mol. The predicted octanol–water partition coefficient (Wildman–Crippen LogP) is 4.39. The van der Waals surface area contributed by atoms with Gasteiger partial charge >= 0.3 is 0 Å². The molecule has 0 aromatic heterocycles. The molecule has 0 aliphatic carbocycles. The summed E-state index contributed by atoms with van der Waals surface area (Å²) < 4.78 is 0. The van der Waals surface area contributed by atoms with Gasteiger partial charge in [0.2, 0.25) is 0 Å². The van der Waals surface area contributed by atoms with Crippen LogP contribution < -0.4 is 0 Å². The molecule has 0 amide bonds. The van der Waals surface area contributed by atoms with Gasteiger partial charge in [-0.15, -0.1) is 0 Å². The Morgan fingerprint density at radius 1 is 1.19 bits per heavy atom. The second-order valence-corrected chi connectivity index (χ2v) is 5.48. The minimum atomic E-state index is 0.137. The molecule has 92 valence electrons. The van der Waals surface area contributed by atoms with Gasteiger partial charge in [0.05, 0.1) is 5.25 Å². The first-order valence-corrected chi connectivity index (χ1v) is 7.08. The Balaban J connectivity index is 4.03. The molecule has 0 saturated carbocycles. The van der Waals surface area contributed by atoms with Gasteiger partial charge in [0, 0.05) is 0 Å². The fraction of sp³-hybridized carbons (Fsp3) is 0.643. The van der Waals surface area contributed by atoms with Crippen LogP contribution >= 0.6 is 11.8 Å². The van der Waals surface area contributed by atoms with Crippen LogP contribution in [-0.2, 0) is 4.79 Å². The van der Waals surface area contributed by atoms with Crippen LogP contribution in [0.5, 0.6) is 0 Å². The van der Waals surface area contributed by atoms with E-state index in [0.717, 1.165) is 19.3 Å². The van der Waals surface area contributed by atoms with Crippen molar-refractivity contribution in [3.05, 3.63) is 23.3 Å². The van der Waals surface area contributed by atoms with E-state index in [1.165, 1.54) is 11.1 Å². The molecule has 2 heteroatoms. The Kier molecular flexibility index (Phi) is 8.36. The lowest BCUT2D eigenvalue weighted by Gasteiger charge is -2.08. The molecule has 0 unspecified atom stereocenters. The van der Waals surface area contributed by atoms with Gasteiger partial charge in [-0.2, -0.15) is 11.8 Å². The molecule has 0 saturated heterocycles. The number of ketones is 1. The zero-order valence-corrected chi connectivity index (χ0v) is 12.0. The molecule has 1 nitrogen and oxygen atoms in total. The number of carbonyl (C=O) groups excluding carboxylic acids is 1. The van der Waals surface area contributed by atoms with Gasteiger partial charge in [0.25, 0.3) is 0 Å². The maximum atomic E-state index is 11.2. The summed E-state index contributed by atoms with van der Waals surface area (Å²) in [7, 11) is 0. The monoisotopic (exact) mass is 240 g/mol. The number of thioether (sulfide) groups is 1. The van der Waals surface area contributed by atoms with Crippen molar-refractivity contribution in [3.8, 4) is 0 Å². The summed E-state index contributed by atoms with van der Waals surface area (Å²) in [4.78, 5) is 11.2. The number of carbonyl (C=O) groups is 1. The topological polar surface area (TPSA) is 17.1 Å². The summed E-state index contributed by atoms with van der Waals surface area (Å²) in [6, 6.07) is 0. The van der Waals surface area contributed by atoms with Crippen molar-refractivity contribution < 1.29 is 4.79 Å². The van der Waals surface area contributed by atoms with Gasteiger partial charge < -0.3 is 0 Å². The summed E-state index contributed by atoms with van der Waals surface area (Å²) >= 11 is 1.64. The first-order valence-electron chi connectivity index (χ1n) is 5.79. The number of allylic oxidation sites excluding steroid dienone is 4. The molecule has 0 heterocycles. The van der Waals surface area contributed by atoms with Crippen molar-refractivity contribution in [3.63, 3.8) is 0 Å². The molecule has 0 aromatic rings. The summed E-state index contributed by atoms with van der Waals surface area (Å²) in [6.45, 7) is 8.07. The van der Waals surface area contributed by atoms with Crippen LogP contribution in [0.2, 0.25) is 0 Å². The third-order valence-corrected chi connectivity index (χ3v) is 3.60. The van der Waals surface area contributed by atoms with Crippen LogP contribution in [-0.4, -0.2) is 17.3 Å². The zero-order chi connectivity index (χ0) is 12.6. The number of hydrogen-bond acceptors (Lipinski definition) is 2. The largest absolute Gasteiger partial charge is 0.299 e. The Morgan fingerprint density at radius 2 is 1.81 bits per heavy atom. The lowest BCUT2D eigenvalue weighted by atomic mass is 10.1. The fourth-order valence-corrected chi connectivity index (χ4v) is 2.05. The van der Waals surface area contributed by atoms with E-state index < -0.39 is 0 Å². The molecule has 0 aromatic carbocycles. The van der Waals surface area contributed by atoms with Crippen LogP contribution in [0.25, 0.3) is 0 Å². The highest BCUT2D eigenvalue weighted by atomic mass is 32.2.